The van der Waals surface area contributed by atoms with Crippen LogP contribution in [0, 0.1) is 0 Å². The molecule has 1 aliphatic carbocycles. The van der Waals surface area contributed by atoms with Crippen molar-refractivity contribution in [2.75, 3.05) is 0 Å². The first kappa shape index (κ1) is 7.57. The van der Waals surface area contributed by atoms with Gasteiger partial charge in [0.1, 0.15) is 0 Å². The molecule has 58 valence electrons. The maximum absolute atomic E-state index is 12.6. The molecule has 0 radical (unpaired) electrons. The van der Waals surface area contributed by atoms with Crippen LogP contribution in [0.1, 0.15) is 0 Å². The minimum atomic E-state index is -2.79. The molecule has 0 N–H and O–H groups in total. The number of allylic oxidation sites excluding steroid dienone is 1. The van der Waals surface area contributed by atoms with E-state index in [4.69, 9.17) is 0 Å². The lowest BCUT2D eigenvalue weighted by Crippen LogP contribution is -2.64. The molecule has 0 bridgehead atoms. The monoisotopic (exact) mass is 154 g/mol. The lowest BCUT2D eigenvalue weighted by Gasteiger charge is -2.41. The van der Waals surface area contributed by atoms with Gasteiger partial charge in [0.05, 0.1) is 0 Å². The summed E-state index contributed by atoms with van der Waals surface area (Å²) < 4.78 is 48.8. The molecule has 2 unspecified atom stereocenters. The standard InChI is InChI=1S/C6H6F4/c1-2-6(10)4(8)3(7)5(6)9/h2-5H,1H2. The van der Waals surface area contributed by atoms with Gasteiger partial charge in [-0.15, -0.1) is 0 Å². The van der Waals surface area contributed by atoms with Crippen molar-refractivity contribution in [3.8, 4) is 0 Å². The van der Waals surface area contributed by atoms with E-state index in [0.717, 1.165) is 0 Å². The normalized spacial score (nSPS) is 53.8. The fraction of sp³-hybridized carbons (Fsp3) is 0.667. The summed E-state index contributed by atoms with van der Waals surface area (Å²) >= 11 is 0. The highest BCUT2D eigenvalue weighted by Crippen LogP contribution is 2.44. The zero-order valence-electron chi connectivity index (χ0n) is 5.03. The zero-order chi connectivity index (χ0) is 7.94. The molecular weight excluding hydrogens is 148 g/mol. The Morgan fingerprint density at radius 3 is 1.80 bits per heavy atom. The SMILES string of the molecule is C=CC1(F)C(F)C(F)C1F. The van der Waals surface area contributed by atoms with Crippen molar-refractivity contribution < 1.29 is 17.6 Å². The van der Waals surface area contributed by atoms with Gasteiger partial charge < -0.3 is 0 Å². The molecule has 0 spiro atoms. The highest BCUT2D eigenvalue weighted by atomic mass is 19.2. The number of hydrogen-bond acceptors (Lipinski definition) is 0. The topological polar surface area (TPSA) is 0 Å². The third-order valence-electron chi connectivity index (χ3n) is 1.72. The third-order valence-corrected chi connectivity index (χ3v) is 1.72. The van der Waals surface area contributed by atoms with Crippen LogP contribution in [0.4, 0.5) is 17.6 Å². The van der Waals surface area contributed by atoms with Gasteiger partial charge in [-0.05, 0) is 6.08 Å². The Morgan fingerprint density at radius 2 is 1.60 bits per heavy atom. The quantitative estimate of drug-likeness (QED) is 0.399. The van der Waals surface area contributed by atoms with E-state index in [1.807, 2.05) is 0 Å². The molecule has 0 aromatic rings. The number of alkyl halides is 4. The van der Waals surface area contributed by atoms with Crippen molar-refractivity contribution >= 4 is 0 Å². The van der Waals surface area contributed by atoms with Gasteiger partial charge in [0.15, 0.2) is 24.2 Å². The van der Waals surface area contributed by atoms with Crippen LogP contribution in [0.2, 0.25) is 0 Å². The summed E-state index contributed by atoms with van der Waals surface area (Å²) in [5.41, 5.74) is -2.79. The molecule has 0 amide bonds. The largest absolute Gasteiger partial charge is 0.241 e. The van der Waals surface area contributed by atoms with E-state index in [9.17, 15) is 17.6 Å². The second-order valence-electron chi connectivity index (χ2n) is 2.28. The lowest BCUT2D eigenvalue weighted by atomic mass is 9.76. The molecule has 4 heteroatoms. The molecule has 10 heavy (non-hydrogen) atoms. The van der Waals surface area contributed by atoms with Crippen LogP contribution in [0.15, 0.2) is 12.7 Å². The van der Waals surface area contributed by atoms with Crippen LogP contribution < -0.4 is 0 Å². The maximum atomic E-state index is 12.6. The molecule has 0 aliphatic heterocycles. The van der Waals surface area contributed by atoms with Crippen LogP contribution in [0.3, 0.4) is 0 Å². The van der Waals surface area contributed by atoms with Crippen LogP contribution in [-0.2, 0) is 0 Å². The Labute approximate surface area is 55.5 Å². The molecule has 0 saturated heterocycles. The molecule has 0 aromatic carbocycles. The van der Waals surface area contributed by atoms with Crippen LogP contribution >= 0.6 is 0 Å². The first-order valence-corrected chi connectivity index (χ1v) is 2.78. The molecule has 2 atom stereocenters. The second kappa shape index (κ2) is 1.97. The lowest BCUT2D eigenvalue weighted by molar-refractivity contribution is -0.144. The number of hydrogen-bond donors (Lipinski definition) is 0. The zero-order valence-corrected chi connectivity index (χ0v) is 5.03. The van der Waals surface area contributed by atoms with Crippen molar-refractivity contribution in [1.82, 2.24) is 0 Å². The fourth-order valence-corrected chi connectivity index (χ4v) is 0.895. The fourth-order valence-electron chi connectivity index (χ4n) is 0.895. The average Bonchev–Trinajstić information content (AvgIpc) is 2.00. The molecule has 0 heterocycles. The molecule has 1 saturated carbocycles. The minimum Gasteiger partial charge on any atom is -0.241 e. The summed E-state index contributed by atoms with van der Waals surface area (Å²) in [5, 5.41) is 0. The van der Waals surface area contributed by atoms with Crippen LogP contribution in [-0.4, -0.2) is 24.2 Å². The Bertz CT molecular complexity index is 146. The molecule has 0 aromatic heterocycles. The van der Waals surface area contributed by atoms with Crippen LogP contribution in [0.5, 0.6) is 0 Å². The van der Waals surface area contributed by atoms with Gasteiger partial charge >= 0.3 is 0 Å². The Morgan fingerprint density at radius 1 is 1.20 bits per heavy atom. The predicted octanol–water partition coefficient (Wildman–Crippen LogP) is 1.91. The van der Waals surface area contributed by atoms with Crippen molar-refractivity contribution in [1.29, 1.82) is 0 Å². The van der Waals surface area contributed by atoms with E-state index >= 15 is 0 Å². The van der Waals surface area contributed by atoms with Gasteiger partial charge in [-0.1, -0.05) is 6.58 Å². The third kappa shape index (κ3) is 0.617. The number of rotatable bonds is 1. The van der Waals surface area contributed by atoms with Crippen molar-refractivity contribution in [2.24, 2.45) is 0 Å². The molecule has 1 rings (SSSR count). The summed E-state index contributed by atoms with van der Waals surface area (Å²) in [6.45, 7) is 2.87. The van der Waals surface area contributed by atoms with E-state index in [-0.39, 0.29) is 0 Å². The van der Waals surface area contributed by atoms with Gasteiger partial charge in [-0.2, -0.15) is 0 Å². The van der Waals surface area contributed by atoms with Gasteiger partial charge in [0.25, 0.3) is 0 Å². The first-order chi connectivity index (χ1) is 4.54. The van der Waals surface area contributed by atoms with E-state index in [1.54, 1.807) is 0 Å². The van der Waals surface area contributed by atoms with Crippen molar-refractivity contribution in [3.63, 3.8) is 0 Å². The summed E-state index contributed by atoms with van der Waals surface area (Å²) in [6.07, 6.45) is -6.64. The van der Waals surface area contributed by atoms with Crippen LogP contribution in [0.25, 0.3) is 0 Å². The Balaban J connectivity index is 2.73. The van der Waals surface area contributed by atoms with Crippen molar-refractivity contribution in [3.05, 3.63) is 12.7 Å². The highest BCUT2D eigenvalue weighted by Gasteiger charge is 2.64. The molecule has 1 fully saturated rings. The van der Waals surface area contributed by atoms with E-state index < -0.39 is 24.2 Å². The van der Waals surface area contributed by atoms with E-state index in [1.165, 1.54) is 0 Å². The van der Waals surface area contributed by atoms with Crippen molar-refractivity contribution in [2.45, 2.75) is 24.2 Å². The van der Waals surface area contributed by atoms with E-state index in [2.05, 4.69) is 6.58 Å². The van der Waals surface area contributed by atoms with Gasteiger partial charge in [0, 0.05) is 0 Å². The predicted molar refractivity (Wildman–Crippen MR) is 28.7 cm³/mol. The molecular formula is C6H6F4. The van der Waals surface area contributed by atoms with E-state index in [0.29, 0.717) is 6.08 Å². The average molecular weight is 154 g/mol. The Hall–Kier alpha value is -0.540. The summed E-state index contributed by atoms with van der Waals surface area (Å²) in [4.78, 5) is 0. The maximum Gasteiger partial charge on any atom is 0.196 e. The van der Waals surface area contributed by atoms with Gasteiger partial charge in [0.2, 0.25) is 0 Å². The highest BCUT2D eigenvalue weighted by molar-refractivity contribution is 5.20. The molecule has 1 aliphatic rings. The number of halogens is 4. The minimum absolute atomic E-state index is 0.471. The molecule has 0 nitrogen and oxygen atoms in total. The summed E-state index contributed by atoms with van der Waals surface area (Å²) in [6, 6.07) is 0. The summed E-state index contributed by atoms with van der Waals surface area (Å²) in [7, 11) is 0. The first-order valence-electron chi connectivity index (χ1n) is 2.78. The Kier molecular flexibility index (Phi) is 1.49. The van der Waals surface area contributed by atoms with Gasteiger partial charge in [-0.3, -0.25) is 0 Å². The van der Waals surface area contributed by atoms with Gasteiger partial charge in [-0.25, -0.2) is 17.6 Å². The summed E-state index contributed by atoms with van der Waals surface area (Å²) in [5.74, 6) is 0. The second-order valence-corrected chi connectivity index (χ2v) is 2.28. The smallest absolute Gasteiger partial charge is 0.196 e.